The molecular formula is C15H21N3O3. The Kier molecular flexibility index (Phi) is 5.54. The highest BCUT2D eigenvalue weighted by Crippen LogP contribution is 2.16. The van der Waals surface area contributed by atoms with E-state index in [-0.39, 0.29) is 18.7 Å². The summed E-state index contributed by atoms with van der Waals surface area (Å²) < 4.78 is 0. The highest BCUT2D eigenvalue weighted by atomic mass is 16.4. The number of nitrogens with zero attached hydrogens (tertiary/aromatic N) is 1. The average Bonchev–Trinajstić information content (AvgIpc) is 2.75. The Bertz CT molecular complexity index is 479. The molecule has 6 heteroatoms. The van der Waals surface area contributed by atoms with E-state index in [0.29, 0.717) is 5.69 Å². The molecule has 2 heterocycles. The Morgan fingerprint density at radius 3 is 2.43 bits per heavy atom. The fourth-order valence-electron chi connectivity index (χ4n) is 2.44. The van der Waals surface area contributed by atoms with Crippen molar-refractivity contribution in [2.75, 3.05) is 23.3 Å². The van der Waals surface area contributed by atoms with E-state index in [4.69, 9.17) is 0 Å². The second-order valence-electron chi connectivity index (χ2n) is 5.28. The van der Waals surface area contributed by atoms with E-state index in [1.165, 1.54) is 25.7 Å². The van der Waals surface area contributed by atoms with E-state index >= 15 is 0 Å². The van der Waals surface area contributed by atoms with Gasteiger partial charge in [-0.1, -0.05) is 0 Å². The van der Waals surface area contributed by atoms with Crippen LogP contribution in [0.1, 0.15) is 38.5 Å². The van der Waals surface area contributed by atoms with Gasteiger partial charge in [-0.25, -0.2) is 4.98 Å². The number of pyridine rings is 1. The summed E-state index contributed by atoms with van der Waals surface area (Å²) in [6, 6.07) is 3.77. The molecule has 0 bridgehead atoms. The minimum absolute atomic E-state index is 0.0732. The number of H-pyrrole nitrogens is 1. The molecule has 21 heavy (non-hydrogen) atoms. The van der Waals surface area contributed by atoms with Gasteiger partial charge in [0.1, 0.15) is 6.20 Å². The number of aromatic amines is 1. The van der Waals surface area contributed by atoms with Crippen LogP contribution in [-0.4, -0.2) is 25.0 Å². The normalized spacial score (nSPS) is 15.3. The predicted molar refractivity (Wildman–Crippen MR) is 76.5 cm³/mol. The zero-order chi connectivity index (χ0) is 15.1. The van der Waals surface area contributed by atoms with E-state index in [1.807, 2.05) is 12.1 Å². The van der Waals surface area contributed by atoms with Crippen LogP contribution in [0.3, 0.4) is 0 Å². The summed E-state index contributed by atoms with van der Waals surface area (Å²) in [6.45, 7) is 2.10. The van der Waals surface area contributed by atoms with E-state index in [0.717, 1.165) is 18.9 Å². The van der Waals surface area contributed by atoms with Gasteiger partial charge in [0, 0.05) is 18.5 Å². The van der Waals surface area contributed by atoms with Gasteiger partial charge in [0.25, 0.3) is 5.82 Å². The molecule has 2 N–H and O–H groups in total. The fraction of sp³-hybridized carbons (Fsp3) is 0.533. The third kappa shape index (κ3) is 5.06. The number of carbonyl (C=O) groups excluding carboxylic acids is 2. The summed E-state index contributed by atoms with van der Waals surface area (Å²) in [5.74, 6) is -0.493. The number of carboxylic acids is 1. The van der Waals surface area contributed by atoms with Crippen LogP contribution in [0, 0.1) is 0 Å². The Morgan fingerprint density at radius 2 is 1.86 bits per heavy atom. The van der Waals surface area contributed by atoms with Crippen LogP contribution in [0.4, 0.5) is 11.5 Å². The summed E-state index contributed by atoms with van der Waals surface area (Å²) in [5, 5.41) is 13.0. The van der Waals surface area contributed by atoms with Crippen LogP contribution < -0.4 is 20.3 Å². The summed E-state index contributed by atoms with van der Waals surface area (Å²) in [4.78, 5) is 27.3. The van der Waals surface area contributed by atoms with Crippen LogP contribution in [0.25, 0.3) is 0 Å². The molecule has 1 saturated heterocycles. The molecule has 0 spiro atoms. The SMILES string of the molecule is O=C([O-])CCC(=O)Nc1ccc(N2CCCCCC2)[nH+]c1. The standard InChI is InChI=1S/C15H21N3O3/c19-14(7-8-15(20)21)17-12-5-6-13(16-11-12)18-9-3-1-2-4-10-18/h5-6,11H,1-4,7-10H2,(H,17,19)(H,20,21). The minimum atomic E-state index is -1.21. The van der Waals surface area contributed by atoms with E-state index in [1.54, 1.807) is 6.20 Å². The molecule has 0 radical (unpaired) electrons. The number of hydrogen-bond donors (Lipinski definition) is 1. The number of nitrogens with one attached hydrogen (secondary N) is 2. The van der Waals surface area contributed by atoms with Gasteiger partial charge >= 0.3 is 0 Å². The molecule has 1 aliphatic rings. The van der Waals surface area contributed by atoms with E-state index in [9.17, 15) is 14.7 Å². The van der Waals surface area contributed by atoms with Crippen molar-refractivity contribution in [2.45, 2.75) is 38.5 Å². The van der Waals surface area contributed by atoms with Gasteiger partial charge in [-0.3, -0.25) is 9.69 Å². The van der Waals surface area contributed by atoms with Crippen LogP contribution in [-0.2, 0) is 9.59 Å². The Labute approximate surface area is 124 Å². The van der Waals surface area contributed by atoms with Crippen molar-refractivity contribution < 1.29 is 19.7 Å². The van der Waals surface area contributed by atoms with Crippen LogP contribution in [0.15, 0.2) is 18.3 Å². The molecular weight excluding hydrogens is 270 g/mol. The fourth-order valence-corrected chi connectivity index (χ4v) is 2.44. The largest absolute Gasteiger partial charge is 0.550 e. The van der Waals surface area contributed by atoms with Crippen LogP contribution in [0.2, 0.25) is 0 Å². The molecule has 0 unspecified atom stereocenters. The zero-order valence-electron chi connectivity index (χ0n) is 12.1. The lowest BCUT2D eigenvalue weighted by Crippen LogP contribution is -2.30. The lowest BCUT2D eigenvalue weighted by Gasteiger charge is -2.14. The molecule has 1 amide bonds. The third-order valence-corrected chi connectivity index (χ3v) is 3.58. The first-order chi connectivity index (χ1) is 10.1. The smallest absolute Gasteiger partial charge is 0.274 e. The number of carboxylic acid groups (broad SMARTS) is 1. The predicted octanol–water partition coefficient (Wildman–Crippen LogP) is 0.350. The highest BCUT2D eigenvalue weighted by molar-refractivity contribution is 5.92. The van der Waals surface area contributed by atoms with Gasteiger partial charge in [0.05, 0.1) is 18.8 Å². The first-order valence-electron chi connectivity index (χ1n) is 7.41. The van der Waals surface area contributed by atoms with Crippen LogP contribution in [0.5, 0.6) is 0 Å². The molecule has 0 aliphatic carbocycles. The molecule has 2 rings (SSSR count). The molecule has 6 nitrogen and oxygen atoms in total. The Balaban J connectivity index is 1.89. The summed E-state index contributed by atoms with van der Waals surface area (Å²) in [6.07, 6.45) is 6.37. The maximum atomic E-state index is 11.5. The van der Waals surface area contributed by atoms with Gasteiger partial charge in [-0.2, -0.15) is 0 Å². The van der Waals surface area contributed by atoms with E-state index < -0.39 is 5.97 Å². The number of hydrogen-bond acceptors (Lipinski definition) is 4. The lowest BCUT2D eigenvalue weighted by molar-refractivity contribution is -0.363. The Morgan fingerprint density at radius 1 is 1.14 bits per heavy atom. The van der Waals surface area contributed by atoms with Crippen LogP contribution >= 0.6 is 0 Å². The number of aromatic nitrogens is 1. The molecule has 0 atom stereocenters. The highest BCUT2D eigenvalue weighted by Gasteiger charge is 2.17. The monoisotopic (exact) mass is 291 g/mol. The molecule has 0 aromatic carbocycles. The van der Waals surface area contributed by atoms with Gasteiger partial charge in [-0.15, -0.1) is 0 Å². The average molecular weight is 291 g/mol. The van der Waals surface area contributed by atoms with Gasteiger partial charge in [0.15, 0.2) is 0 Å². The van der Waals surface area contributed by atoms with Crippen molar-refractivity contribution in [1.29, 1.82) is 0 Å². The summed E-state index contributed by atoms with van der Waals surface area (Å²) in [7, 11) is 0. The minimum Gasteiger partial charge on any atom is -0.550 e. The third-order valence-electron chi connectivity index (χ3n) is 3.58. The van der Waals surface area contributed by atoms with Gasteiger partial charge in [-0.05, 0) is 38.2 Å². The zero-order valence-corrected chi connectivity index (χ0v) is 12.1. The number of anilines is 2. The first kappa shape index (κ1) is 15.3. The van der Waals surface area contributed by atoms with Crippen molar-refractivity contribution in [3.8, 4) is 0 Å². The summed E-state index contributed by atoms with van der Waals surface area (Å²) in [5.41, 5.74) is 0.636. The maximum Gasteiger partial charge on any atom is 0.274 e. The van der Waals surface area contributed by atoms with Crippen molar-refractivity contribution in [1.82, 2.24) is 0 Å². The lowest BCUT2D eigenvalue weighted by atomic mass is 10.2. The van der Waals surface area contributed by atoms with E-state index in [2.05, 4.69) is 15.2 Å². The first-order valence-corrected chi connectivity index (χ1v) is 7.41. The molecule has 1 aliphatic heterocycles. The van der Waals surface area contributed by atoms with Crippen molar-refractivity contribution >= 4 is 23.4 Å². The number of amides is 1. The quantitative estimate of drug-likeness (QED) is 0.848. The van der Waals surface area contributed by atoms with Gasteiger partial charge < -0.3 is 15.2 Å². The molecule has 0 saturated carbocycles. The molecule has 1 aromatic heterocycles. The van der Waals surface area contributed by atoms with Crippen molar-refractivity contribution in [3.05, 3.63) is 18.3 Å². The van der Waals surface area contributed by atoms with Crippen molar-refractivity contribution in [3.63, 3.8) is 0 Å². The number of carbonyl (C=O) groups is 2. The van der Waals surface area contributed by atoms with Gasteiger partial charge in [0.2, 0.25) is 5.91 Å². The summed E-state index contributed by atoms with van der Waals surface area (Å²) >= 11 is 0. The second kappa shape index (κ2) is 7.61. The topological polar surface area (TPSA) is 86.6 Å². The Hall–Kier alpha value is -2.11. The molecule has 114 valence electrons. The number of rotatable bonds is 5. The molecule has 1 fully saturated rings. The van der Waals surface area contributed by atoms with Crippen molar-refractivity contribution in [2.24, 2.45) is 0 Å². The molecule has 1 aromatic rings. The number of aliphatic carboxylic acids is 1. The maximum absolute atomic E-state index is 11.5. The second-order valence-corrected chi connectivity index (χ2v) is 5.28.